The lowest BCUT2D eigenvalue weighted by molar-refractivity contribution is 0.204. The van der Waals surface area contributed by atoms with Gasteiger partial charge in [-0.3, -0.25) is 0 Å². The van der Waals surface area contributed by atoms with Crippen LogP contribution in [-0.4, -0.2) is 36.1 Å². The van der Waals surface area contributed by atoms with E-state index in [9.17, 15) is 0 Å². The Balaban J connectivity index is 1.94. The lowest BCUT2D eigenvalue weighted by Crippen LogP contribution is -2.17. The minimum absolute atomic E-state index is 0.178. The van der Waals surface area contributed by atoms with E-state index in [-0.39, 0.29) is 24.3 Å². The SMILES string of the molecule is C[C@@H]1OC(CC2=N[C@H](C)[C@H](C)O2)=N[C@@H]1C. The second-order valence-corrected chi connectivity index (χ2v) is 4.35. The van der Waals surface area contributed by atoms with Crippen LogP contribution in [0.5, 0.6) is 0 Å². The topological polar surface area (TPSA) is 43.2 Å². The van der Waals surface area contributed by atoms with Crippen LogP contribution in [0, 0.1) is 0 Å². The molecule has 4 heteroatoms. The van der Waals surface area contributed by atoms with Gasteiger partial charge < -0.3 is 9.47 Å². The maximum atomic E-state index is 5.60. The summed E-state index contributed by atoms with van der Waals surface area (Å²) < 4.78 is 11.2. The molecule has 84 valence electrons. The Bertz CT molecular complexity index is 282. The van der Waals surface area contributed by atoms with Crippen molar-refractivity contribution in [1.29, 1.82) is 0 Å². The molecule has 0 spiro atoms. The van der Waals surface area contributed by atoms with Crippen molar-refractivity contribution in [2.75, 3.05) is 0 Å². The molecule has 0 aromatic rings. The van der Waals surface area contributed by atoms with E-state index in [2.05, 4.69) is 23.8 Å². The summed E-state index contributed by atoms with van der Waals surface area (Å²) in [4.78, 5) is 8.83. The maximum Gasteiger partial charge on any atom is 0.193 e. The van der Waals surface area contributed by atoms with Gasteiger partial charge >= 0.3 is 0 Å². The van der Waals surface area contributed by atoms with E-state index in [4.69, 9.17) is 9.47 Å². The van der Waals surface area contributed by atoms with E-state index in [1.807, 2.05) is 13.8 Å². The number of ether oxygens (including phenoxy) is 2. The Morgan fingerprint density at radius 3 is 1.53 bits per heavy atom. The third-order valence-electron chi connectivity index (χ3n) is 3.00. The quantitative estimate of drug-likeness (QED) is 0.697. The Morgan fingerprint density at radius 1 is 0.867 bits per heavy atom. The van der Waals surface area contributed by atoms with E-state index in [1.165, 1.54) is 0 Å². The molecule has 4 nitrogen and oxygen atoms in total. The number of hydrogen-bond acceptors (Lipinski definition) is 4. The van der Waals surface area contributed by atoms with Gasteiger partial charge in [-0.2, -0.15) is 0 Å². The maximum absolute atomic E-state index is 5.60. The first-order valence-corrected chi connectivity index (χ1v) is 5.53. The van der Waals surface area contributed by atoms with E-state index < -0.39 is 0 Å². The van der Waals surface area contributed by atoms with Crippen LogP contribution in [0.2, 0.25) is 0 Å². The van der Waals surface area contributed by atoms with Crippen LogP contribution < -0.4 is 0 Å². The fourth-order valence-electron chi connectivity index (χ4n) is 1.66. The zero-order valence-electron chi connectivity index (χ0n) is 9.73. The number of rotatable bonds is 2. The molecule has 2 heterocycles. The van der Waals surface area contributed by atoms with Crippen molar-refractivity contribution in [1.82, 2.24) is 0 Å². The smallest absolute Gasteiger partial charge is 0.193 e. The summed E-state index contributed by atoms with van der Waals surface area (Å²) in [5.74, 6) is 1.52. The summed E-state index contributed by atoms with van der Waals surface area (Å²) in [6.07, 6.45) is 0.956. The standard InChI is InChI=1S/C11H18N2O2/c1-6-8(3)14-10(12-6)5-11-13-7(2)9(4)15-11/h6-9H,5H2,1-4H3/t6-,7-,8+,9+/m1/s1. The van der Waals surface area contributed by atoms with Crippen LogP contribution in [0.1, 0.15) is 34.1 Å². The van der Waals surface area contributed by atoms with Crippen molar-refractivity contribution >= 4 is 11.8 Å². The van der Waals surface area contributed by atoms with Crippen molar-refractivity contribution in [2.45, 2.75) is 58.4 Å². The molecule has 0 aromatic carbocycles. The molecular formula is C11H18N2O2. The minimum atomic E-state index is 0.178. The van der Waals surface area contributed by atoms with Gasteiger partial charge in [0.05, 0.1) is 18.5 Å². The van der Waals surface area contributed by atoms with Gasteiger partial charge in [0, 0.05) is 0 Å². The molecule has 0 N–H and O–H groups in total. The Kier molecular flexibility index (Phi) is 2.67. The van der Waals surface area contributed by atoms with E-state index in [0.717, 1.165) is 11.8 Å². The Morgan fingerprint density at radius 2 is 1.27 bits per heavy atom. The normalized spacial score (nSPS) is 39.5. The average Bonchev–Trinajstić information content (AvgIpc) is 2.59. The fourth-order valence-corrected chi connectivity index (χ4v) is 1.66. The summed E-state index contributed by atoms with van der Waals surface area (Å²) in [7, 11) is 0. The lowest BCUT2D eigenvalue weighted by atomic mass is 10.2. The molecule has 0 radical (unpaired) electrons. The molecular weight excluding hydrogens is 192 g/mol. The monoisotopic (exact) mass is 210 g/mol. The second-order valence-electron chi connectivity index (χ2n) is 4.35. The molecule has 0 saturated heterocycles. The highest BCUT2D eigenvalue weighted by molar-refractivity contribution is 5.98. The second kappa shape index (κ2) is 3.83. The van der Waals surface area contributed by atoms with Gasteiger partial charge in [0.25, 0.3) is 0 Å². The predicted octanol–water partition coefficient (Wildman–Crippen LogP) is 1.79. The van der Waals surface area contributed by atoms with Crippen molar-refractivity contribution in [3.63, 3.8) is 0 Å². The highest BCUT2D eigenvalue weighted by atomic mass is 16.5. The van der Waals surface area contributed by atoms with Crippen LogP contribution in [-0.2, 0) is 9.47 Å². The largest absolute Gasteiger partial charge is 0.475 e. The molecule has 0 aromatic heterocycles. The molecule has 15 heavy (non-hydrogen) atoms. The molecule has 0 amide bonds. The molecule has 0 bridgehead atoms. The van der Waals surface area contributed by atoms with Crippen molar-refractivity contribution in [2.24, 2.45) is 9.98 Å². The highest BCUT2D eigenvalue weighted by Gasteiger charge is 2.28. The molecule has 0 unspecified atom stereocenters. The fraction of sp³-hybridized carbons (Fsp3) is 0.818. The highest BCUT2D eigenvalue weighted by Crippen LogP contribution is 2.19. The molecule has 2 rings (SSSR count). The van der Waals surface area contributed by atoms with Crippen LogP contribution in [0.4, 0.5) is 0 Å². The van der Waals surface area contributed by atoms with Crippen molar-refractivity contribution < 1.29 is 9.47 Å². The Labute approximate surface area is 90.4 Å². The van der Waals surface area contributed by atoms with Gasteiger partial charge in [0.1, 0.15) is 12.2 Å². The van der Waals surface area contributed by atoms with Gasteiger partial charge in [-0.25, -0.2) is 9.98 Å². The van der Waals surface area contributed by atoms with Crippen LogP contribution >= 0.6 is 0 Å². The van der Waals surface area contributed by atoms with Gasteiger partial charge in [-0.15, -0.1) is 0 Å². The zero-order chi connectivity index (χ0) is 11.0. The van der Waals surface area contributed by atoms with Crippen molar-refractivity contribution in [3.8, 4) is 0 Å². The molecule has 2 aliphatic heterocycles. The van der Waals surface area contributed by atoms with E-state index in [1.54, 1.807) is 0 Å². The first-order valence-electron chi connectivity index (χ1n) is 5.53. The predicted molar refractivity (Wildman–Crippen MR) is 59.5 cm³/mol. The molecule has 0 aliphatic carbocycles. The van der Waals surface area contributed by atoms with Gasteiger partial charge in [0.2, 0.25) is 0 Å². The lowest BCUT2D eigenvalue weighted by Gasteiger charge is -2.09. The van der Waals surface area contributed by atoms with E-state index >= 15 is 0 Å². The number of hydrogen-bond donors (Lipinski definition) is 0. The number of aliphatic imine (C=N–C) groups is 2. The third-order valence-corrected chi connectivity index (χ3v) is 3.00. The summed E-state index contributed by atoms with van der Waals surface area (Å²) in [5.41, 5.74) is 0. The minimum Gasteiger partial charge on any atom is -0.475 e. The van der Waals surface area contributed by atoms with Gasteiger partial charge in [-0.1, -0.05) is 0 Å². The molecule has 2 aliphatic rings. The van der Waals surface area contributed by atoms with Crippen LogP contribution in [0.15, 0.2) is 9.98 Å². The first kappa shape index (κ1) is 10.5. The summed E-state index contributed by atoms with van der Waals surface area (Å²) in [5, 5.41) is 0. The first-order chi connectivity index (χ1) is 7.06. The summed E-state index contributed by atoms with van der Waals surface area (Å²) >= 11 is 0. The van der Waals surface area contributed by atoms with Crippen LogP contribution in [0.25, 0.3) is 0 Å². The van der Waals surface area contributed by atoms with Gasteiger partial charge in [0.15, 0.2) is 11.8 Å². The van der Waals surface area contributed by atoms with Gasteiger partial charge in [-0.05, 0) is 27.7 Å². The van der Waals surface area contributed by atoms with E-state index in [0.29, 0.717) is 6.42 Å². The third kappa shape index (κ3) is 2.13. The van der Waals surface area contributed by atoms with Crippen LogP contribution in [0.3, 0.4) is 0 Å². The summed E-state index contributed by atoms with van der Waals surface area (Å²) in [6.45, 7) is 8.17. The zero-order valence-corrected chi connectivity index (χ0v) is 9.73. The number of nitrogens with zero attached hydrogens (tertiary/aromatic N) is 2. The average molecular weight is 210 g/mol. The van der Waals surface area contributed by atoms with Crippen molar-refractivity contribution in [3.05, 3.63) is 0 Å². The molecule has 4 atom stereocenters. The Hall–Kier alpha value is -1.06. The summed E-state index contributed by atoms with van der Waals surface area (Å²) in [6, 6.07) is 0.494. The molecule has 0 fully saturated rings. The molecule has 0 saturated carbocycles.